The van der Waals surface area contributed by atoms with Crippen molar-refractivity contribution in [2.45, 2.75) is 37.8 Å². The summed E-state index contributed by atoms with van der Waals surface area (Å²) >= 11 is 0. The maximum Gasteiger partial charge on any atom is 0.327 e. The first kappa shape index (κ1) is 19.2. The smallest absolute Gasteiger partial charge is 0.327 e. The van der Waals surface area contributed by atoms with Gasteiger partial charge in [0, 0.05) is 25.1 Å². The van der Waals surface area contributed by atoms with Crippen molar-refractivity contribution < 1.29 is 28.7 Å². The summed E-state index contributed by atoms with van der Waals surface area (Å²) in [7, 11) is 0. The number of nitrogens with one attached hydrogen (secondary N) is 1. The van der Waals surface area contributed by atoms with E-state index in [0.29, 0.717) is 24.4 Å². The van der Waals surface area contributed by atoms with Crippen LogP contribution in [-0.2, 0) is 24.7 Å². The topological polar surface area (TPSA) is 105 Å². The minimum absolute atomic E-state index is 0.261. The van der Waals surface area contributed by atoms with Crippen molar-refractivity contribution in [3.05, 3.63) is 29.8 Å². The van der Waals surface area contributed by atoms with Crippen LogP contribution < -0.4 is 10.1 Å². The van der Waals surface area contributed by atoms with E-state index in [-0.39, 0.29) is 18.9 Å². The highest BCUT2D eigenvalue weighted by Crippen LogP contribution is 2.40. The van der Waals surface area contributed by atoms with Crippen molar-refractivity contribution in [2.75, 3.05) is 26.2 Å². The molecular formula is C20H23N3O6. The van der Waals surface area contributed by atoms with Gasteiger partial charge < -0.3 is 19.7 Å². The van der Waals surface area contributed by atoms with E-state index < -0.39 is 36.1 Å². The average Bonchev–Trinajstić information content (AvgIpc) is 3.32. The fourth-order valence-electron chi connectivity index (χ4n) is 4.12. The molecule has 0 radical (unpaired) electrons. The fourth-order valence-corrected chi connectivity index (χ4v) is 4.12. The molecule has 3 heterocycles. The number of likely N-dealkylation sites (tertiary alicyclic amines) is 1. The van der Waals surface area contributed by atoms with E-state index in [1.165, 1.54) is 6.92 Å². The summed E-state index contributed by atoms with van der Waals surface area (Å²) < 4.78 is 10.8. The molecular weight excluding hydrogens is 378 g/mol. The third kappa shape index (κ3) is 3.30. The molecule has 154 valence electrons. The van der Waals surface area contributed by atoms with Gasteiger partial charge in [-0.05, 0) is 25.8 Å². The lowest BCUT2D eigenvalue weighted by Crippen LogP contribution is -2.48. The minimum Gasteiger partial charge on any atom is -0.493 e. The van der Waals surface area contributed by atoms with Gasteiger partial charge in [-0.2, -0.15) is 0 Å². The summed E-state index contributed by atoms with van der Waals surface area (Å²) in [6.07, 6.45) is 1.17. The number of nitrogens with zero attached hydrogens (tertiary/aromatic N) is 2. The highest BCUT2D eigenvalue weighted by Gasteiger charge is 2.55. The average molecular weight is 401 g/mol. The van der Waals surface area contributed by atoms with Gasteiger partial charge in [-0.15, -0.1) is 0 Å². The first-order chi connectivity index (χ1) is 13.9. The summed E-state index contributed by atoms with van der Waals surface area (Å²) in [5, 5.41) is 2.73. The van der Waals surface area contributed by atoms with Crippen LogP contribution >= 0.6 is 0 Å². The third-order valence-corrected chi connectivity index (χ3v) is 5.62. The maximum atomic E-state index is 13.1. The van der Waals surface area contributed by atoms with Crippen LogP contribution in [0.1, 0.15) is 31.7 Å². The zero-order valence-electron chi connectivity index (χ0n) is 16.2. The van der Waals surface area contributed by atoms with Crippen LogP contribution in [-0.4, -0.2) is 66.0 Å². The second kappa shape index (κ2) is 7.38. The molecule has 3 aliphatic heterocycles. The fraction of sp³-hybridized carbons (Fsp3) is 0.500. The number of ether oxygens (including phenoxy) is 2. The zero-order valence-corrected chi connectivity index (χ0v) is 16.2. The van der Waals surface area contributed by atoms with E-state index in [9.17, 15) is 19.2 Å². The number of urea groups is 1. The molecule has 0 aromatic heterocycles. The summed E-state index contributed by atoms with van der Waals surface area (Å²) in [6, 6.07) is 6.34. The minimum atomic E-state index is -1.25. The number of rotatable bonds is 4. The highest BCUT2D eigenvalue weighted by atomic mass is 16.5. The van der Waals surface area contributed by atoms with E-state index in [4.69, 9.17) is 9.47 Å². The van der Waals surface area contributed by atoms with Crippen LogP contribution in [0.5, 0.6) is 5.75 Å². The number of carbonyl (C=O) groups is 4. The van der Waals surface area contributed by atoms with Crippen molar-refractivity contribution in [1.29, 1.82) is 0 Å². The van der Waals surface area contributed by atoms with Gasteiger partial charge in [0.05, 0.1) is 6.61 Å². The van der Waals surface area contributed by atoms with Crippen molar-refractivity contribution in [2.24, 2.45) is 0 Å². The first-order valence-electron chi connectivity index (χ1n) is 9.77. The molecule has 9 nitrogen and oxygen atoms in total. The molecule has 1 aromatic rings. The van der Waals surface area contributed by atoms with Crippen LogP contribution in [0.2, 0.25) is 0 Å². The number of hydrogen-bond acceptors (Lipinski definition) is 6. The van der Waals surface area contributed by atoms with Gasteiger partial charge >= 0.3 is 12.0 Å². The Labute approximate surface area is 167 Å². The molecule has 0 aliphatic carbocycles. The Morgan fingerprint density at radius 3 is 2.72 bits per heavy atom. The Morgan fingerprint density at radius 1 is 1.24 bits per heavy atom. The predicted molar refractivity (Wildman–Crippen MR) is 99.8 cm³/mol. The SMILES string of the molecule is C[C@@H](OC(=O)CN1C(=O)N[C@@]2(CCOc3ccccc32)C1=O)C(=O)N1CCCC1. The van der Waals surface area contributed by atoms with Gasteiger partial charge in [0.2, 0.25) is 0 Å². The number of para-hydroxylation sites is 1. The van der Waals surface area contributed by atoms with Gasteiger partial charge in [0.1, 0.15) is 12.3 Å². The molecule has 2 fully saturated rings. The lowest BCUT2D eigenvalue weighted by Gasteiger charge is -2.33. The molecule has 1 spiro atoms. The number of imide groups is 1. The highest BCUT2D eigenvalue weighted by molar-refractivity contribution is 6.09. The van der Waals surface area contributed by atoms with E-state index >= 15 is 0 Å². The predicted octanol–water partition coefficient (Wildman–Crippen LogP) is 0.770. The third-order valence-electron chi connectivity index (χ3n) is 5.62. The van der Waals surface area contributed by atoms with E-state index in [0.717, 1.165) is 17.7 Å². The standard InChI is InChI=1S/C20H23N3O6/c1-13(17(25)22-9-4-5-10-22)29-16(24)12-23-18(26)20(21-19(23)27)8-11-28-15-7-3-2-6-14(15)20/h2-3,6-7,13H,4-5,8-12H2,1H3,(H,21,27)/t13-,20-/m1/s1. The van der Waals surface area contributed by atoms with Crippen molar-refractivity contribution in [3.8, 4) is 5.75 Å². The molecule has 4 amide bonds. The summed E-state index contributed by atoms with van der Waals surface area (Å²) in [4.78, 5) is 52.8. The molecule has 29 heavy (non-hydrogen) atoms. The van der Waals surface area contributed by atoms with Gasteiger partial charge in [-0.3, -0.25) is 19.3 Å². The largest absolute Gasteiger partial charge is 0.493 e. The van der Waals surface area contributed by atoms with Gasteiger partial charge in [-0.1, -0.05) is 18.2 Å². The maximum absolute atomic E-state index is 13.1. The van der Waals surface area contributed by atoms with Crippen LogP contribution in [0, 0.1) is 0 Å². The lowest BCUT2D eigenvalue weighted by atomic mass is 9.84. The molecule has 0 unspecified atom stereocenters. The van der Waals surface area contributed by atoms with E-state index in [2.05, 4.69) is 5.32 Å². The number of esters is 1. The molecule has 1 N–H and O–H groups in total. The second-order valence-corrected chi connectivity index (χ2v) is 7.49. The zero-order chi connectivity index (χ0) is 20.6. The summed E-state index contributed by atoms with van der Waals surface area (Å²) in [5.74, 6) is -1.05. The van der Waals surface area contributed by atoms with Crippen LogP contribution in [0.15, 0.2) is 24.3 Å². The first-order valence-corrected chi connectivity index (χ1v) is 9.77. The second-order valence-electron chi connectivity index (χ2n) is 7.49. The van der Waals surface area contributed by atoms with Crippen molar-refractivity contribution in [3.63, 3.8) is 0 Å². The Hall–Kier alpha value is -3.10. The summed E-state index contributed by atoms with van der Waals surface area (Å²) in [5.41, 5.74) is -0.679. The molecule has 1 aromatic carbocycles. The molecule has 0 saturated carbocycles. The molecule has 3 aliphatic rings. The number of hydrogen-bond donors (Lipinski definition) is 1. The molecule has 0 bridgehead atoms. The van der Waals surface area contributed by atoms with Crippen LogP contribution in [0.3, 0.4) is 0 Å². The molecule has 2 atom stereocenters. The Bertz CT molecular complexity index is 866. The monoisotopic (exact) mass is 401 g/mol. The van der Waals surface area contributed by atoms with Crippen molar-refractivity contribution in [1.82, 2.24) is 15.1 Å². The number of amides is 4. The normalized spacial score (nSPS) is 24.2. The van der Waals surface area contributed by atoms with E-state index in [1.54, 1.807) is 29.2 Å². The Morgan fingerprint density at radius 2 is 1.97 bits per heavy atom. The van der Waals surface area contributed by atoms with Gasteiger partial charge in [0.25, 0.3) is 11.8 Å². The lowest BCUT2D eigenvalue weighted by molar-refractivity contribution is -0.160. The van der Waals surface area contributed by atoms with Crippen LogP contribution in [0.4, 0.5) is 4.79 Å². The van der Waals surface area contributed by atoms with E-state index in [1.807, 2.05) is 0 Å². The molecule has 4 rings (SSSR count). The number of benzene rings is 1. The Balaban J connectivity index is 1.45. The number of fused-ring (bicyclic) bond motifs is 2. The van der Waals surface area contributed by atoms with Gasteiger partial charge in [0.15, 0.2) is 11.6 Å². The summed E-state index contributed by atoms with van der Waals surface area (Å²) in [6.45, 7) is 2.52. The van der Waals surface area contributed by atoms with Gasteiger partial charge in [-0.25, -0.2) is 4.79 Å². The molecule has 2 saturated heterocycles. The van der Waals surface area contributed by atoms with Crippen molar-refractivity contribution >= 4 is 23.8 Å². The number of carbonyl (C=O) groups excluding carboxylic acids is 4. The Kier molecular flexibility index (Phi) is 4.89. The van der Waals surface area contributed by atoms with Crippen LogP contribution in [0.25, 0.3) is 0 Å². The quantitative estimate of drug-likeness (QED) is 0.590. The molecule has 9 heteroatoms.